The Labute approximate surface area is 107 Å². The summed E-state index contributed by atoms with van der Waals surface area (Å²) >= 11 is 5.58. The van der Waals surface area contributed by atoms with Gasteiger partial charge in [-0.2, -0.15) is 4.39 Å². The molecule has 1 aliphatic carbocycles. The summed E-state index contributed by atoms with van der Waals surface area (Å²) in [5.74, 6) is -3.92. The molecule has 0 radical (unpaired) electrons. The number of carboxylic acid groups (broad SMARTS) is 1. The van der Waals surface area contributed by atoms with E-state index < -0.39 is 28.0 Å². The summed E-state index contributed by atoms with van der Waals surface area (Å²) in [6, 6.07) is 1.14. The minimum Gasteiger partial charge on any atom is -0.493 e. The number of carbonyl (C=O) groups is 1. The van der Waals surface area contributed by atoms with E-state index in [1.165, 1.54) is 7.11 Å². The van der Waals surface area contributed by atoms with Gasteiger partial charge in [-0.15, -0.1) is 0 Å². The van der Waals surface area contributed by atoms with Gasteiger partial charge in [0.2, 0.25) is 5.82 Å². The molecule has 0 atom stereocenters. The van der Waals surface area contributed by atoms with Crippen molar-refractivity contribution in [2.75, 3.05) is 7.11 Å². The van der Waals surface area contributed by atoms with E-state index in [4.69, 9.17) is 16.3 Å². The molecule has 0 spiro atoms. The Kier molecular flexibility index (Phi) is 3.19. The van der Waals surface area contributed by atoms with Crippen molar-refractivity contribution in [1.29, 1.82) is 0 Å². The molecule has 1 fully saturated rings. The molecule has 0 aromatic heterocycles. The molecule has 0 saturated heterocycles. The minimum absolute atomic E-state index is 0.104. The second-order valence-electron chi connectivity index (χ2n) is 4.31. The SMILES string of the molecule is COc1c(C2(C(=O)O)CCC2)cc(Cl)c(F)c1F. The molecule has 0 amide bonds. The van der Waals surface area contributed by atoms with E-state index in [1.54, 1.807) is 0 Å². The van der Waals surface area contributed by atoms with Crippen molar-refractivity contribution in [3.8, 4) is 5.75 Å². The second kappa shape index (κ2) is 4.39. The van der Waals surface area contributed by atoms with Crippen LogP contribution in [0.1, 0.15) is 24.8 Å². The fourth-order valence-electron chi connectivity index (χ4n) is 2.26. The van der Waals surface area contributed by atoms with E-state index in [9.17, 15) is 18.7 Å². The zero-order valence-corrected chi connectivity index (χ0v) is 10.4. The van der Waals surface area contributed by atoms with E-state index in [1.807, 2.05) is 0 Å². The van der Waals surface area contributed by atoms with Crippen LogP contribution in [-0.2, 0) is 10.2 Å². The van der Waals surface area contributed by atoms with Gasteiger partial charge in [0.1, 0.15) is 0 Å². The summed E-state index contributed by atoms with van der Waals surface area (Å²) in [6.45, 7) is 0. The molecule has 0 aliphatic heterocycles. The van der Waals surface area contributed by atoms with Crippen LogP contribution < -0.4 is 4.74 Å². The molecule has 1 aromatic rings. The van der Waals surface area contributed by atoms with Gasteiger partial charge in [0.05, 0.1) is 17.5 Å². The number of hydrogen-bond donors (Lipinski definition) is 1. The molecule has 1 aromatic carbocycles. The van der Waals surface area contributed by atoms with Crippen molar-refractivity contribution in [3.05, 3.63) is 28.3 Å². The van der Waals surface area contributed by atoms with Crippen LogP contribution in [0.2, 0.25) is 5.02 Å². The lowest BCUT2D eigenvalue weighted by Gasteiger charge is -2.38. The molecule has 0 bridgehead atoms. The Hall–Kier alpha value is -1.36. The largest absolute Gasteiger partial charge is 0.493 e. The number of hydrogen-bond acceptors (Lipinski definition) is 2. The molecular weight excluding hydrogens is 266 g/mol. The van der Waals surface area contributed by atoms with E-state index in [0.717, 1.165) is 6.07 Å². The van der Waals surface area contributed by atoms with Crippen molar-refractivity contribution in [2.45, 2.75) is 24.7 Å². The fraction of sp³-hybridized carbons (Fsp3) is 0.417. The third-order valence-corrected chi connectivity index (χ3v) is 3.73. The van der Waals surface area contributed by atoms with Gasteiger partial charge in [-0.25, -0.2) is 4.39 Å². The van der Waals surface area contributed by atoms with Crippen LogP contribution >= 0.6 is 11.6 Å². The highest BCUT2D eigenvalue weighted by Crippen LogP contribution is 2.49. The van der Waals surface area contributed by atoms with Crippen LogP contribution in [0.15, 0.2) is 6.07 Å². The third-order valence-electron chi connectivity index (χ3n) is 3.45. The number of ether oxygens (including phenoxy) is 1. The normalized spacial score (nSPS) is 17.1. The Morgan fingerprint density at radius 3 is 2.44 bits per heavy atom. The third kappa shape index (κ3) is 1.65. The quantitative estimate of drug-likeness (QED) is 0.863. The number of carboxylic acids is 1. The highest BCUT2D eigenvalue weighted by atomic mass is 35.5. The van der Waals surface area contributed by atoms with Gasteiger partial charge in [0.15, 0.2) is 11.6 Å². The van der Waals surface area contributed by atoms with Crippen LogP contribution in [0.3, 0.4) is 0 Å². The van der Waals surface area contributed by atoms with Crippen LogP contribution in [0.25, 0.3) is 0 Å². The molecule has 18 heavy (non-hydrogen) atoms. The van der Waals surface area contributed by atoms with Gasteiger partial charge in [-0.3, -0.25) is 4.79 Å². The smallest absolute Gasteiger partial charge is 0.314 e. The van der Waals surface area contributed by atoms with Crippen LogP contribution in [0.4, 0.5) is 8.78 Å². The van der Waals surface area contributed by atoms with Crippen molar-refractivity contribution in [1.82, 2.24) is 0 Å². The first kappa shape index (κ1) is 13.1. The number of aliphatic carboxylic acids is 1. The van der Waals surface area contributed by atoms with Crippen LogP contribution in [0.5, 0.6) is 5.75 Å². The molecule has 3 nitrogen and oxygen atoms in total. The molecule has 1 aliphatic rings. The first-order chi connectivity index (χ1) is 8.44. The standard InChI is InChI=1S/C12H11ClF2O3/c1-18-10-6(5-7(13)8(14)9(10)15)12(11(16)17)3-2-4-12/h5H,2-4H2,1H3,(H,16,17). The topological polar surface area (TPSA) is 46.5 Å². The van der Waals surface area contributed by atoms with Gasteiger partial charge in [0.25, 0.3) is 0 Å². The average Bonchev–Trinajstić information content (AvgIpc) is 2.24. The maximum absolute atomic E-state index is 13.7. The van der Waals surface area contributed by atoms with Crippen molar-refractivity contribution in [3.63, 3.8) is 0 Å². The first-order valence-electron chi connectivity index (χ1n) is 5.39. The van der Waals surface area contributed by atoms with Gasteiger partial charge < -0.3 is 9.84 Å². The monoisotopic (exact) mass is 276 g/mol. The highest BCUT2D eigenvalue weighted by Gasteiger charge is 2.48. The molecule has 0 heterocycles. The lowest BCUT2D eigenvalue weighted by atomic mass is 9.64. The minimum atomic E-state index is -1.24. The predicted octanol–water partition coefficient (Wildman–Crippen LogP) is 3.13. The molecule has 2 rings (SSSR count). The zero-order valence-electron chi connectivity index (χ0n) is 9.60. The Morgan fingerprint density at radius 2 is 2.06 bits per heavy atom. The fourth-order valence-corrected chi connectivity index (χ4v) is 2.45. The molecule has 1 saturated carbocycles. The first-order valence-corrected chi connectivity index (χ1v) is 5.77. The number of methoxy groups -OCH3 is 1. The Balaban J connectivity index is 2.67. The zero-order chi connectivity index (χ0) is 13.5. The molecule has 1 N–H and O–H groups in total. The lowest BCUT2D eigenvalue weighted by Crippen LogP contribution is -2.42. The Bertz CT molecular complexity index is 513. The molecule has 0 unspecified atom stereocenters. The van der Waals surface area contributed by atoms with E-state index in [2.05, 4.69) is 0 Å². The highest BCUT2D eigenvalue weighted by molar-refractivity contribution is 6.30. The summed E-state index contributed by atoms with van der Waals surface area (Å²) in [7, 11) is 1.17. The van der Waals surface area contributed by atoms with E-state index in [-0.39, 0.29) is 11.3 Å². The maximum Gasteiger partial charge on any atom is 0.314 e. The average molecular weight is 277 g/mol. The van der Waals surface area contributed by atoms with Gasteiger partial charge in [-0.1, -0.05) is 18.0 Å². The van der Waals surface area contributed by atoms with Crippen molar-refractivity contribution in [2.24, 2.45) is 0 Å². The maximum atomic E-state index is 13.7. The molecule has 98 valence electrons. The van der Waals surface area contributed by atoms with Gasteiger partial charge >= 0.3 is 5.97 Å². The molecule has 6 heteroatoms. The van der Waals surface area contributed by atoms with Crippen LogP contribution in [-0.4, -0.2) is 18.2 Å². The summed E-state index contributed by atoms with van der Waals surface area (Å²) in [5, 5.41) is 8.86. The summed E-state index contributed by atoms with van der Waals surface area (Å²) in [6.07, 6.45) is 1.44. The number of rotatable bonds is 3. The summed E-state index contributed by atoms with van der Waals surface area (Å²) in [5.41, 5.74) is -1.11. The van der Waals surface area contributed by atoms with E-state index >= 15 is 0 Å². The van der Waals surface area contributed by atoms with Crippen LogP contribution in [0, 0.1) is 11.6 Å². The van der Waals surface area contributed by atoms with Crippen molar-refractivity contribution >= 4 is 17.6 Å². The van der Waals surface area contributed by atoms with Crippen molar-refractivity contribution < 1.29 is 23.4 Å². The summed E-state index contributed by atoms with van der Waals surface area (Å²) in [4.78, 5) is 11.4. The Morgan fingerprint density at radius 1 is 1.44 bits per heavy atom. The van der Waals surface area contributed by atoms with E-state index in [0.29, 0.717) is 19.3 Å². The summed E-state index contributed by atoms with van der Waals surface area (Å²) < 4.78 is 31.8. The number of benzene rings is 1. The number of halogens is 3. The van der Waals surface area contributed by atoms with Gasteiger partial charge in [0, 0.05) is 5.56 Å². The lowest BCUT2D eigenvalue weighted by molar-refractivity contribution is -0.147. The second-order valence-corrected chi connectivity index (χ2v) is 4.72. The van der Waals surface area contributed by atoms with Gasteiger partial charge in [-0.05, 0) is 18.9 Å². The molecular formula is C12H11ClF2O3. The predicted molar refractivity (Wildman–Crippen MR) is 61.1 cm³/mol.